The molecule has 2 aromatic carbocycles. The van der Waals surface area contributed by atoms with E-state index in [1.165, 1.54) is 16.7 Å². The maximum absolute atomic E-state index is 3.64. The summed E-state index contributed by atoms with van der Waals surface area (Å²) in [6.45, 7) is 7.68. The minimum Gasteiger partial charge on any atom is -0.310 e. The molecule has 0 aromatic heterocycles. The Morgan fingerprint density at radius 3 is 2.21 bits per heavy atom. The van der Waals surface area contributed by atoms with E-state index >= 15 is 0 Å². The molecule has 0 aliphatic heterocycles. The normalized spacial score (nSPS) is 14.1. The van der Waals surface area contributed by atoms with Crippen LogP contribution in [-0.4, -0.2) is 6.54 Å². The average Bonchev–Trinajstić information content (AvgIpc) is 2.46. The molecule has 100 valence electrons. The summed E-state index contributed by atoms with van der Waals surface area (Å²) in [5.41, 5.74) is 4.14. The van der Waals surface area contributed by atoms with E-state index in [1.54, 1.807) is 0 Å². The summed E-state index contributed by atoms with van der Waals surface area (Å²) in [5, 5.41) is 3.64. The van der Waals surface area contributed by atoms with Crippen LogP contribution in [0.15, 0.2) is 54.6 Å². The van der Waals surface area contributed by atoms with Crippen molar-refractivity contribution in [2.24, 2.45) is 0 Å². The molecule has 0 fully saturated rings. The molecule has 0 bridgehead atoms. The highest BCUT2D eigenvalue weighted by molar-refractivity contribution is 5.28. The lowest BCUT2D eigenvalue weighted by molar-refractivity contribution is 0.535. The maximum atomic E-state index is 3.64. The van der Waals surface area contributed by atoms with Gasteiger partial charge in [0.25, 0.3) is 0 Å². The number of hydrogen-bond acceptors (Lipinski definition) is 1. The smallest absolute Gasteiger partial charge is 0.0294 e. The summed E-state index contributed by atoms with van der Waals surface area (Å²) in [7, 11) is 0. The van der Waals surface area contributed by atoms with Crippen molar-refractivity contribution < 1.29 is 0 Å². The van der Waals surface area contributed by atoms with Gasteiger partial charge in [-0.15, -0.1) is 0 Å². The predicted molar refractivity (Wildman–Crippen MR) is 82.5 cm³/mol. The van der Waals surface area contributed by atoms with Crippen LogP contribution in [0.2, 0.25) is 0 Å². The van der Waals surface area contributed by atoms with Crippen molar-refractivity contribution >= 4 is 0 Å². The largest absolute Gasteiger partial charge is 0.310 e. The van der Waals surface area contributed by atoms with Gasteiger partial charge in [-0.1, -0.05) is 61.5 Å². The zero-order valence-electron chi connectivity index (χ0n) is 12.1. The van der Waals surface area contributed by atoms with Crippen molar-refractivity contribution in [1.29, 1.82) is 0 Å². The standard InChI is InChI=1S/C18H23N/c1-14-9-7-8-12-18(14)16(3)19-13-15(2)17-10-5-4-6-11-17/h4-12,15-16,19H,13H2,1-3H3/t15?,16-/m1/s1. The lowest BCUT2D eigenvalue weighted by Gasteiger charge is -2.20. The Kier molecular flexibility index (Phi) is 4.75. The zero-order valence-corrected chi connectivity index (χ0v) is 12.1. The highest BCUT2D eigenvalue weighted by Crippen LogP contribution is 2.19. The van der Waals surface area contributed by atoms with E-state index in [-0.39, 0.29) is 0 Å². The monoisotopic (exact) mass is 253 g/mol. The molecule has 2 aromatic rings. The molecule has 1 heteroatoms. The molecule has 0 aliphatic rings. The molecule has 1 nitrogen and oxygen atoms in total. The minimum atomic E-state index is 0.396. The summed E-state index contributed by atoms with van der Waals surface area (Å²) in [4.78, 5) is 0. The third-order valence-electron chi connectivity index (χ3n) is 3.75. The maximum Gasteiger partial charge on any atom is 0.0294 e. The van der Waals surface area contributed by atoms with Crippen molar-refractivity contribution in [3.8, 4) is 0 Å². The fourth-order valence-corrected chi connectivity index (χ4v) is 2.44. The van der Waals surface area contributed by atoms with Crippen LogP contribution in [0.1, 0.15) is 42.5 Å². The van der Waals surface area contributed by atoms with Crippen LogP contribution >= 0.6 is 0 Å². The third-order valence-corrected chi connectivity index (χ3v) is 3.75. The SMILES string of the molecule is Cc1ccccc1[C@@H](C)NCC(C)c1ccccc1. The first-order valence-electron chi connectivity index (χ1n) is 7.02. The van der Waals surface area contributed by atoms with E-state index in [4.69, 9.17) is 0 Å². The summed E-state index contributed by atoms with van der Waals surface area (Å²) in [6.07, 6.45) is 0. The van der Waals surface area contributed by atoms with Gasteiger partial charge in [0.1, 0.15) is 0 Å². The Morgan fingerprint density at radius 1 is 0.895 bits per heavy atom. The molecule has 0 radical (unpaired) electrons. The first-order chi connectivity index (χ1) is 9.18. The highest BCUT2D eigenvalue weighted by Gasteiger charge is 2.10. The van der Waals surface area contributed by atoms with Gasteiger partial charge in [0, 0.05) is 12.6 Å². The van der Waals surface area contributed by atoms with Crippen molar-refractivity contribution in [1.82, 2.24) is 5.32 Å². The Bertz CT molecular complexity index is 504. The van der Waals surface area contributed by atoms with Crippen LogP contribution < -0.4 is 5.32 Å². The fraction of sp³-hybridized carbons (Fsp3) is 0.333. The number of hydrogen-bond donors (Lipinski definition) is 1. The lowest BCUT2D eigenvalue weighted by atomic mass is 9.99. The molecule has 0 aliphatic carbocycles. The van der Waals surface area contributed by atoms with E-state index in [1.807, 2.05) is 0 Å². The van der Waals surface area contributed by atoms with Crippen LogP contribution in [0.4, 0.5) is 0 Å². The van der Waals surface area contributed by atoms with Gasteiger partial charge in [-0.05, 0) is 36.5 Å². The van der Waals surface area contributed by atoms with Crippen molar-refractivity contribution in [2.45, 2.75) is 32.7 Å². The number of rotatable bonds is 5. The van der Waals surface area contributed by atoms with Gasteiger partial charge >= 0.3 is 0 Å². The zero-order chi connectivity index (χ0) is 13.7. The first-order valence-corrected chi connectivity index (χ1v) is 7.02. The molecule has 0 amide bonds. The summed E-state index contributed by atoms with van der Waals surface area (Å²) < 4.78 is 0. The molecule has 2 rings (SSSR count). The van der Waals surface area contributed by atoms with Crippen molar-refractivity contribution in [3.63, 3.8) is 0 Å². The molecule has 1 unspecified atom stereocenters. The molecule has 0 heterocycles. The number of aryl methyl sites for hydroxylation is 1. The lowest BCUT2D eigenvalue weighted by Crippen LogP contribution is -2.24. The third kappa shape index (κ3) is 3.68. The quantitative estimate of drug-likeness (QED) is 0.830. The number of nitrogens with one attached hydrogen (secondary N) is 1. The molecule has 1 N–H and O–H groups in total. The van der Waals surface area contributed by atoms with Gasteiger partial charge in [-0.25, -0.2) is 0 Å². The van der Waals surface area contributed by atoms with E-state index in [9.17, 15) is 0 Å². The first kappa shape index (κ1) is 13.8. The predicted octanol–water partition coefficient (Wildman–Crippen LogP) is 4.45. The summed E-state index contributed by atoms with van der Waals surface area (Å²) in [5.74, 6) is 0.535. The molecule has 0 spiro atoms. The highest BCUT2D eigenvalue weighted by atomic mass is 14.9. The molecule has 0 saturated heterocycles. The van der Waals surface area contributed by atoms with Crippen molar-refractivity contribution in [3.05, 3.63) is 71.3 Å². The van der Waals surface area contributed by atoms with Gasteiger partial charge < -0.3 is 5.32 Å². The molecule has 19 heavy (non-hydrogen) atoms. The van der Waals surface area contributed by atoms with E-state index < -0.39 is 0 Å². The Hall–Kier alpha value is -1.60. The molecule has 2 atom stereocenters. The van der Waals surface area contributed by atoms with E-state index in [0.717, 1.165) is 6.54 Å². The average molecular weight is 253 g/mol. The van der Waals surface area contributed by atoms with Crippen LogP contribution in [0, 0.1) is 6.92 Å². The second kappa shape index (κ2) is 6.53. The van der Waals surface area contributed by atoms with Gasteiger partial charge in [-0.2, -0.15) is 0 Å². The molecular weight excluding hydrogens is 230 g/mol. The Balaban J connectivity index is 1.94. The van der Waals surface area contributed by atoms with Gasteiger partial charge in [0.15, 0.2) is 0 Å². The summed E-state index contributed by atoms with van der Waals surface area (Å²) in [6, 6.07) is 19.7. The Morgan fingerprint density at radius 2 is 1.53 bits per heavy atom. The Labute approximate surface area is 116 Å². The minimum absolute atomic E-state index is 0.396. The van der Waals surface area contributed by atoms with Crippen molar-refractivity contribution in [2.75, 3.05) is 6.54 Å². The van der Waals surface area contributed by atoms with Crippen LogP contribution in [0.25, 0.3) is 0 Å². The van der Waals surface area contributed by atoms with E-state index in [2.05, 4.69) is 80.7 Å². The van der Waals surface area contributed by atoms with E-state index in [0.29, 0.717) is 12.0 Å². The van der Waals surface area contributed by atoms with Gasteiger partial charge in [0.05, 0.1) is 0 Å². The topological polar surface area (TPSA) is 12.0 Å². The van der Waals surface area contributed by atoms with Crippen LogP contribution in [0.3, 0.4) is 0 Å². The number of benzene rings is 2. The second-order valence-electron chi connectivity index (χ2n) is 5.30. The second-order valence-corrected chi connectivity index (χ2v) is 5.30. The molecular formula is C18H23N. The summed E-state index contributed by atoms with van der Waals surface area (Å²) >= 11 is 0. The van der Waals surface area contributed by atoms with Gasteiger partial charge in [-0.3, -0.25) is 0 Å². The van der Waals surface area contributed by atoms with Crippen LogP contribution in [0.5, 0.6) is 0 Å². The van der Waals surface area contributed by atoms with Gasteiger partial charge in [0.2, 0.25) is 0 Å². The molecule has 0 saturated carbocycles. The van der Waals surface area contributed by atoms with Crippen LogP contribution in [-0.2, 0) is 0 Å². The fourth-order valence-electron chi connectivity index (χ4n) is 2.44.